The highest BCUT2D eigenvalue weighted by atomic mass is 35.5. The molecule has 0 aliphatic carbocycles. The maximum absolute atomic E-state index is 12.1. The second-order valence-electron chi connectivity index (χ2n) is 6.13. The normalized spacial score (nSPS) is 16.9. The third-order valence-corrected chi connectivity index (χ3v) is 4.39. The summed E-state index contributed by atoms with van der Waals surface area (Å²) in [6.45, 7) is 1.000. The van der Waals surface area contributed by atoms with Crippen molar-refractivity contribution in [2.75, 3.05) is 31.2 Å². The Hall–Kier alpha value is -2.57. The van der Waals surface area contributed by atoms with Gasteiger partial charge in [0.2, 0.25) is 5.91 Å². The third kappa shape index (κ3) is 5.70. The number of hydrogen-bond donors (Lipinski definition) is 1. The van der Waals surface area contributed by atoms with Gasteiger partial charge in [0.1, 0.15) is 12.4 Å². The number of nitrogens with one attached hydrogen (secondary N) is 1. The Balaban J connectivity index is 1.43. The van der Waals surface area contributed by atoms with Gasteiger partial charge < -0.3 is 19.7 Å². The summed E-state index contributed by atoms with van der Waals surface area (Å²) in [6.07, 6.45) is -0.0149. The van der Waals surface area contributed by atoms with E-state index in [1.165, 1.54) is 0 Å². The Morgan fingerprint density at radius 3 is 2.67 bits per heavy atom. The fourth-order valence-electron chi connectivity index (χ4n) is 2.71. The van der Waals surface area contributed by atoms with Gasteiger partial charge in [-0.25, -0.2) is 0 Å². The van der Waals surface area contributed by atoms with Crippen LogP contribution in [0.25, 0.3) is 0 Å². The smallest absolute Gasteiger partial charge is 0.253 e. The maximum Gasteiger partial charge on any atom is 0.253 e. The number of amides is 2. The topological polar surface area (TPSA) is 67.9 Å². The number of carbonyl (C=O) groups excluding carboxylic acids is 2. The minimum absolute atomic E-state index is 0.0136. The molecule has 0 aromatic heterocycles. The molecule has 1 aliphatic heterocycles. The number of morpholine rings is 1. The van der Waals surface area contributed by atoms with E-state index >= 15 is 0 Å². The van der Waals surface area contributed by atoms with E-state index < -0.39 is 0 Å². The zero-order valence-corrected chi connectivity index (χ0v) is 15.5. The minimum Gasteiger partial charge on any atom is -0.493 e. The Bertz CT molecular complexity index is 767. The molecular formula is C20H21ClN2O4. The summed E-state index contributed by atoms with van der Waals surface area (Å²) in [5, 5.41) is 3.44. The fourth-order valence-corrected chi connectivity index (χ4v) is 2.84. The van der Waals surface area contributed by atoms with Crippen LogP contribution in [-0.2, 0) is 14.3 Å². The summed E-state index contributed by atoms with van der Waals surface area (Å²) in [4.78, 5) is 25.7. The van der Waals surface area contributed by atoms with E-state index in [1.807, 2.05) is 30.3 Å². The highest BCUT2D eigenvalue weighted by molar-refractivity contribution is 6.30. The quantitative estimate of drug-likeness (QED) is 0.791. The first-order chi connectivity index (χ1) is 13.1. The van der Waals surface area contributed by atoms with Gasteiger partial charge in [-0.3, -0.25) is 9.59 Å². The van der Waals surface area contributed by atoms with Crippen molar-refractivity contribution >= 4 is 29.1 Å². The molecule has 0 saturated carbocycles. The van der Waals surface area contributed by atoms with Crippen LogP contribution in [-0.4, -0.2) is 44.2 Å². The summed E-state index contributed by atoms with van der Waals surface area (Å²) in [7, 11) is 0. The van der Waals surface area contributed by atoms with Crippen molar-refractivity contribution in [1.29, 1.82) is 0 Å². The number of anilines is 1. The zero-order valence-electron chi connectivity index (χ0n) is 14.8. The van der Waals surface area contributed by atoms with Crippen LogP contribution in [0, 0.1) is 0 Å². The van der Waals surface area contributed by atoms with E-state index in [0.29, 0.717) is 24.7 Å². The summed E-state index contributed by atoms with van der Waals surface area (Å²) in [5.41, 5.74) is 0.764. The molecule has 142 valence electrons. The highest BCUT2D eigenvalue weighted by Crippen LogP contribution is 2.21. The van der Waals surface area contributed by atoms with Crippen LogP contribution in [0.3, 0.4) is 0 Å². The van der Waals surface area contributed by atoms with Gasteiger partial charge in [-0.1, -0.05) is 29.8 Å². The van der Waals surface area contributed by atoms with Gasteiger partial charge >= 0.3 is 0 Å². The molecule has 1 unspecified atom stereocenters. The first-order valence-corrected chi connectivity index (χ1v) is 9.12. The fraction of sp³-hybridized carbons (Fsp3) is 0.300. The SMILES string of the molecule is O=C(CCOc1ccccc1)NCC1CN(c2ccc(Cl)cc2)C(=O)CO1. The van der Waals surface area contributed by atoms with Crippen molar-refractivity contribution in [3.05, 3.63) is 59.6 Å². The van der Waals surface area contributed by atoms with E-state index in [1.54, 1.807) is 29.2 Å². The Labute approximate surface area is 163 Å². The van der Waals surface area contributed by atoms with Crippen LogP contribution in [0.4, 0.5) is 5.69 Å². The second kappa shape index (κ2) is 9.39. The average molecular weight is 389 g/mol. The molecule has 1 aliphatic rings. The molecule has 0 bridgehead atoms. The van der Waals surface area contributed by atoms with Gasteiger partial charge in [0, 0.05) is 17.3 Å². The standard InChI is InChI=1S/C20H21ClN2O4/c21-15-6-8-16(9-7-15)23-13-18(27-14-20(23)25)12-22-19(24)10-11-26-17-4-2-1-3-5-17/h1-9,18H,10-14H2,(H,22,24). The number of hydrogen-bond acceptors (Lipinski definition) is 4. The van der Waals surface area contributed by atoms with Gasteiger partial charge in [-0.2, -0.15) is 0 Å². The number of benzene rings is 2. The molecule has 27 heavy (non-hydrogen) atoms. The van der Waals surface area contributed by atoms with Crippen molar-refractivity contribution in [3.63, 3.8) is 0 Å². The first kappa shape index (κ1) is 19.2. The van der Waals surface area contributed by atoms with E-state index in [4.69, 9.17) is 21.1 Å². The summed E-state index contributed by atoms with van der Waals surface area (Å²) in [5.74, 6) is 0.499. The van der Waals surface area contributed by atoms with Crippen molar-refractivity contribution in [1.82, 2.24) is 5.32 Å². The number of ether oxygens (including phenoxy) is 2. The number of nitrogens with zero attached hydrogens (tertiary/aromatic N) is 1. The predicted octanol–water partition coefficient (Wildman–Crippen LogP) is 2.66. The lowest BCUT2D eigenvalue weighted by atomic mass is 10.2. The Morgan fingerprint density at radius 2 is 1.93 bits per heavy atom. The van der Waals surface area contributed by atoms with Gasteiger partial charge in [0.25, 0.3) is 5.91 Å². The van der Waals surface area contributed by atoms with Crippen LogP contribution in [0.2, 0.25) is 5.02 Å². The van der Waals surface area contributed by atoms with Crippen LogP contribution >= 0.6 is 11.6 Å². The van der Waals surface area contributed by atoms with Gasteiger partial charge in [0.05, 0.1) is 25.7 Å². The maximum atomic E-state index is 12.1. The summed E-state index contributed by atoms with van der Waals surface area (Å²) in [6, 6.07) is 16.4. The number of para-hydroxylation sites is 1. The molecule has 0 radical (unpaired) electrons. The molecule has 1 saturated heterocycles. The number of halogens is 1. The molecule has 1 fully saturated rings. The number of rotatable bonds is 7. The van der Waals surface area contributed by atoms with E-state index in [2.05, 4.69) is 5.32 Å². The third-order valence-electron chi connectivity index (χ3n) is 4.14. The number of carbonyl (C=O) groups is 2. The molecule has 2 aromatic rings. The Morgan fingerprint density at radius 1 is 1.19 bits per heavy atom. The van der Waals surface area contributed by atoms with E-state index in [0.717, 1.165) is 11.4 Å². The molecular weight excluding hydrogens is 368 g/mol. The lowest BCUT2D eigenvalue weighted by Gasteiger charge is -2.32. The summed E-state index contributed by atoms with van der Waals surface area (Å²) >= 11 is 5.90. The summed E-state index contributed by atoms with van der Waals surface area (Å²) < 4.78 is 11.0. The molecule has 2 aromatic carbocycles. The molecule has 0 spiro atoms. The predicted molar refractivity (Wildman–Crippen MR) is 103 cm³/mol. The molecule has 7 heteroatoms. The van der Waals surface area contributed by atoms with Crippen molar-refractivity contribution in [2.45, 2.75) is 12.5 Å². The monoisotopic (exact) mass is 388 g/mol. The molecule has 2 amide bonds. The van der Waals surface area contributed by atoms with Gasteiger partial charge in [-0.05, 0) is 36.4 Å². The van der Waals surface area contributed by atoms with Crippen molar-refractivity contribution < 1.29 is 19.1 Å². The Kier molecular flexibility index (Phi) is 6.68. The molecule has 6 nitrogen and oxygen atoms in total. The van der Waals surface area contributed by atoms with E-state index in [-0.39, 0.29) is 30.9 Å². The lowest BCUT2D eigenvalue weighted by Crippen LogP contribution is -2.50. The minimum atomic E-state index is -0.266. The van der Waals surface area contributed by atoms with Crippen molar-refractivity contribution in [3.8, 4) is 5.75 Å². The van der Waals surface area contributed by atoms with Crippen LogP contribution in [0.5, 0.6) is 5.75 Å². The zero-order chi connectivity index (χ0) is 19.1. The van der Waals surface area contributed by atoms with E-state index in [9.17, 15) is 9.59 Å². The molecule has 3 rings (SSSR count). The second-order valence-corrected chi connectivity index (χ2v) is 6.57. The van der Waals surface area contributed by atoms with Crippen molar-refractivity contribution in [2.24, 2.45) is 0 Å². The van der Waals surface area contributed by atoms with Crippen LogP contribution in [0.1, 0.15) is 6.42 Å². The van der Waals surface area contributed by atoms with Crippen LogP contribution < -0.4 is 15.0 Å². The van der Waals surface area contributed by atoms with Gasteiger partial charge in [-0.15, -0.1) is 0 Å². The van der Waals surface area contributed by atoms with Crippen LogP contribution in [0.15, 0.2) is 54.6 Å². The van der Waals surface area contributed by atoms with Gasteiger partial charge in [0.15, 0.2) is 0 Å². The molecule has 1 heterocycles. The first-order valence-electron chi connectivity index (χ1n) is 8.74. The molecule has 1 atom stereocenters. The largest absolute Gasteiger partial charge is 0.493 e. The average Bonchev–Trinajstić information content (AvgIpc) is 2.69. The lowest BCUT2D eigenvalue weighted by molar-refractivity contribution is -0.129. The highest BCUT2D eigenvalue weighted by Gasteiger charge is 2.27. The molecule has 1 N–H and O–H groups in total.